The predicted molar refractivity (Wildman–Crippen MR) is 74.5 cm³/mol. The third-order valence-electron chi connectivity index (χ3n) is 1.88. The molecule has 6 heteroatoms. The zero-order valence-electron chi connectivity index (χ0n) is 12.1. The molecular weight excluding hydrogens is 335 g/mol. The van der Waals surface area contributed by atoms with Gasteiger partial charge in [-0.2, -0.15) is 0 Å². The molecule has 0 fully saturated rings. The van der Waals surface area contributed by atoms with E-state index in [9.17, 15) is 4.79 Å². The summed E-state index contributed by atoms with van der Waals surface area (Å²) >= 11 is 5.99. The van der Waals surface area contributed by atoms with Gasteiger partial charge in [-0.1, -0.05) is 38.0 Å². The van der Waals surface area contributed by atoms with E-state index in [4.69, 9.17) is 25.6 Å². The number of carbonyl (C=O) groups excluding carboxylic acids is 1. The van der Waals surface area contributed by atoms with Crippen molar-refractivity contribution in [2.24, 2.45) is 0 Å². The Morgan fingerprint density at radius 1 is 1.14 bits per heavy atom. The van der Waals surface area contributed by atoms with Crippen LogP contribution in [0, 0.1) is 20.0 Å². The van der Waals surface area contributed by atoms with Gasteiger partial charge < -0.3 is 0 Å². The van der Waals surface area contributed by atoms with Gasteiger partial charge in [0, 0.05) is 28.9 Å². The molecule has 0 aliphatic carbocycles. The van der Waals surface area contributed by atoms with E-state index in [2.05, 4.69) is 26.9 Å². The summed E-state index contributed by atoms with van der Waals surface area (Å²) in [4.78, 5) is 11.3. The first-order valence-corrected chi connectivity index (χ1v) is 6.21. The minimum Gasteiger partial charge on any atom is 0 e. The normalized spacial score (nSPS) is 9.57. The maximum atomic E-state index is 11.3. The fourth-order valence-corrected chi connectivity index (χ4v) is 1.39. The molecule has 118 valence electrons. The molecule has 4 nitrogen and oxygen atoms in total. The fourth-order valence-electron chi connectivity index (χ4n) is 1.09. The molecule has 1 unspecified atom stereocenters. The number of ketones is 1. The second-order valence-corrected chi connectivity index (χ2v) is 3.91. The molecular formula is C15H19ClFeO4. The molecule has 21 heavy (non-hydrogen) atoms. The molecule has 0 heterocycles. The van der Waals surface area contributed by atoms with Crippen LogP contribution in [0.3, 0.4) is 0 Å². The van der Waals surface area contributed by atoms with Crippen molar-refractivity contribution in [2.45, 2.75) is 44.9 Å². The Morgan fingerprint density at radius 3 is 2.00 bits per heavy atom. The van der Waals surface area contributed by atoms with Crippen molar-refractivity contribution in [3.8, 4) is 0 Å². The van der Waals surface area contributed by atoms with Crippen molar-refractivity contribution in [1.29, 1.82) is 0 Å². The molecule has 0 aliphatic heterocycles. The molecule has 0 rings (SSSR count). The Kier molecular flexibility index (Phi) is 56.0. The van der Waals surface area contributed by atoms with E-state index in [0.29, 0.717) is 6.42 Å². The Balaban J connectivity index is -0.000000107. The van der Waals surface area contributed by atoms with E-state index >= 15 is 0 Å². The first-order chi connectivity index (χ1) is 9.70. The summed E-state index contributed by atoms with van der Waals surface area (Å²) in [5, 5.41) is -0.00212. The molecule has 0 aliphatic rings. The Morgan fingerprint density at radius 2 is 1.62 bits per heavy atom. The zero-order valence-corrected chi connectivity index (χ0v) is 13.9. The minimum absolute atomic E-state index is 0. The van der Waals surface area contributed by atoms with Gasteiger partial charge in [0.1, 0.15) is 0 Å². The number of unbranched alkanes of at least 4 members (excludes halogenated alkanes) is 1. The van der Waals surface area contributed by atoms with Crippen molar-refractivity contribution in [3.05, 3.63) is 44.3 Å². The van der Waals surface area contributed by atoms with E-state index in [-0.39, 0.29) is 28.2 Å². The summed E-state index contributed by atoms with van der Waals surface area (Å²) in [5.74, 6) is 0.110. The number of hydrogen-bond acceptors (Lipinski definition) is 1. The summed E-state index contributed by atoms with van der Waals surface area (Å²) in [5.41, 5.74) is 0. The maximum Gasteiger partial charge on any atom is 0 e. The fraction of sp³-hybridized carbons (Fsp3) is 0.467. The van der Waals surface area contributed by atoms with Crippen LogP contribution in [0.15, 0.2) is 24.3 Å². The van der Waals surface area contributed by atoms with Crippen molar-refractivity contribution in [1.82, 2.24) is 0 Å². The Bertz CT molecular complexity index is 305. The SMILES string of the molecule is C/C=C/C=C/C(=O)CC(Cl)CCCC.[C-]#[O+].[C-]#[O+].[C-]#[O+].[Fe]. The Hall–Kier alpha value is -0.821. The molecule has 1 atom stereocenters. The number of hydrogen-bond donors (Lipinski definition) is 0. The van der Waals surface area contributed by atoms with Crippen LogP contribution >= 0.6 is 11.6 Å². The van der Waals surface area contributed by atoms with Gasteiger partial charge in [0.15, 0.2) is 5.78 Å². The van der Waals surface area contributed by atoms with Gasteiger partial charge in [-0.3, -0.25) is 4.79 Å². The number of allylic oxidation sites excluding steroid dienone is 4. The molecule has 0 N–H and O–H groups in total. The van der Waals surface area contributed by atoms with Gasteiger partial charge in [0.05, 0.1) is 0 Å². The van der Waals surface area contributed by atoms with Crippen molar-refractivity contribution < 1.29 is 35.8 Å². The number of halogens is 1. The maximum absolute atomic E-state index is 11.3. The molecule has 0 saturated carbocycles. The van der Waals surface area contributed by atoms with Crippen molar-refractivity contribution >= 4 is 17.4 Å². The van der Waals surface area contributed by atoms with Crippen LogP contribution < -0.4 is 0 Å². The summed E-state index contributed by atoms with van der Waals surface area (Å²) in [6.45, 7) is 17.5. The summed E-state index contributed by atoms with van der Waals surface area (Å²) < 4.78 is 22.5. The largest absolute Gasteiger partial charge is 0 e. The van der Waals surface area contributed by atoms with Crippen LogP contribution in [0.1, 0.15) is 39.5 Å². The first-order valence-electron chi connectivity index (χ1n) is 5.78. The molecule has 0 bridgehead atoms. The topological polar surface area (TPSA) is 76.8 Å². The van der Waals surface area contributed by atoms with Gasteiger partial charge in [-0.25, -0.2) is 0 Å². The van der Waals surface area contributed by atoms with Gasteiger partial charge in [0.2, 0.25) is 0 Å². The minimum atomic E-state index is -0.00212. The molecule has 0 aromatic rings. The van der Waals surface area contributed by atoms with E-state index in [1.54, 1.807) is 12.2 Å². The second kappa shape index (κ2) is 36.5. The average Bonchev–Trinajstić information content (AvgIpc) is 2.51. The summed E-state index contributed by atoms with van der Waals surface area (Å²) in [6, 6.07) is 0. The van der Waals surface area contributed by atoms with E-state index in [1.807, 2.05) is 19.1 Å². The van der Waals surface area contributed by atoms with E-state index < -0.39 is 0 Å². The Labute approximate surface area is 142 Å². The first kappa shape index (κ1) is 32.2. The quantitative estimate of drug-likeness (QED) is 0.171. The third kappa shape index (κ3) is 38.2. The smallest absolute Gasteiger partial charge is 0 e. The number of rotatable bonds is 7. The van der Waals surface area contributed by atoms with Crippen LogP contribution in [-0.2, 0) is 35.8 Å². The van der Waals surface area contributed by atoms with Gasteiger partial charge >= 0.3 is 33.9 Å². The molecule has 0 spiro atoms. The average molecular weight is 355 g/mol. The van der Waals surface area contributed by atoms with Crippen LogP contribution in [0.2, 0.25) is 0 Å². The van der Waals surface area contributed by atoms with Crippen LogP contribution in [-0.4, -0.2) is 11.2 Å². The number of alkyl halides is 1. The summed E-state index contributed by atoms with van der Waals surface area (Å²) in [7, 11) is 0. The molecule has 0 aromatic heterocycles. The molecule has 0 saturated heterocycles. The van der Waals surface area contributed by atoms with Crippen LogP contribution in [0.4, 0.5) is 0 Å². The third-order valence-corrected chi connectivity index (χ3v) is 2.25. The monoisotopic (exact) mass is 354 g/mol. The van der Waals surface area contributed by atoms with Crippen LogP contribution in [0.25, 0.3) is 0 Å². The molecule has 0 aromatic carbocycles. The second-order valence-electron chi connectivity index (χ2n) is 3.29. The van der Waals surface area contributed by atoms with E-state index in [0.717, 1.165) is 19.3 Å². The molecule has 0 amide bonds. The van der Waals surface area contributed by atoms with Crippen molar-refractivity contribution in [2.75, 3.05) is 0 Å². The zero-order chi connectivity index (χ0) is 16.8. The van der Waals surface area contributed by atoms with Gasteiger partial charge in [-0.05, 0) is 19.4 Å². The molecule has 0 radical (unpaired) electrons. The van der Waals surface area contributed by atoms with Gasteiger partial charge in [-0.15, -0.1) is 11.6 Å². The van der Waals surface area contributed by atoms with Crippen molar-refractivity contribution in [3.63, 3.8) is 0 Å². The van der Waals surface area contributed by atoms with Gasteiger partial charge in [0.25, 0.3) is 0 Å². The number of carbonyl (C=O) groups is 1. The summed E-state index contributed by atoms with van der Waals surface area (Å²) in [6.07, 6.45) is 10.7. The predicted octanol–water partition coefficient (Wildman–Crippen LogP) is 3.76. The standard InChI is InChI=1S/C12H19ClO.3CO.Fe/c1-3-5-7-9-12(14)10-11(13)8-6-4-2;3*1-2;/h3,5,7,9,11H,4,6,8,10H2,1-2H3;;;;/b5-3+,9-7+;;;;. The van der Waals surface area contributed by atoms with E-state index in [1.165, 1.54) is 0 Å². The van der Waals surface area contributed by atoms with Crippen LogP contribution in [0.5, 0.6) is 0 Å².